The van der Waals surface area contributed by atoms with E-state index < -0.39 is 0 Å². The van der Waals surface area contributed by atoms with Gasteiger partial charge in [0.15, 0.2) is 0 Å². The predicted molar refractivity (Wildman–Crippen MR) is 50.2 cm³/mol. The first-order valence-corrected chi connectivity index (χ1v) is 3.40. The maximum absolute atomic E-state index is 2.12. The van der Waals surface area contributed by atoms with Crippen LogP contribution in [0.2, 0.25) is 0 Å². The van der Waals surface area contributed by atoms with Gasteiger partial charge in [-0.05, 0) is 11.1 Å². The Morgan fingerprint density at radius 3 is 1.55 bits per heavy atom. The van der Waals surface area contributed by atoms with Crippen molar-refractivity contribution >= 4 is 29.6 Å². The van der Waals surface area contributed by atoms with Crippen LogP contribution in [0.25, 0.3) is 11.1 Å². The van der Waals surface area contributed by atoms with Gasteiger partial charge in [-0.3, -0.25) is 0 Å². The van der Waals surface area contributed by atoms with Crippen LogP contribution in [0.4, 0.5) is 0 Å². The fraction of sp³-hybridized carbons (Fsp3) is 0. The Balaban J connectivity index is 0.000000605. The molecule has 0 N–H and O–H groups in total. The molecular weight excluding hydrogens is 143 g/mol. The van der Waals surface area contributed by atoms with E-state index in [9.17, 15) is 0 Å². The van der Waals surface area contributed by atoms with Gasteiger partial charge in [0.25, 0.3) is 0 Å². The number of hydrogen-bond donors (Lipinski definition) is 0. The van der Waals surface area contributed by atoms with Crippen molar-refractivity contribution in [2.24, 2.45) is 0 Å². The van der Waals surface area contributed by atoms with Gasteiger partial charge in [0, 0.05) is 0 Å². The summed E-state index contributed by atoms with van der Waals surface area (Å²) in [6.45, 7) is 0. The number of fused-ring (bicyclic) bond motifs is 1. The van der Waals surface area contributed by atoms with Gasteiger partial charge < -0.3 is 0 Å². The monoisotopic (exact) mass is 152 g/mol. The molecule has 2 aliphatic rings. The van der Waals surface area contributed by atoms with Crippen LogP contribution in [-0.2, 0) is 0 Å². The van der Waals surface area contributed by atoms with Crippen molar-refractivity contribution in [1.82, 2.24) is 0 Å². The third-order valence-corrected chi connectivity index (χ3v) is 1.66. The standard InChI is InChI=1S/C10H8.Na.H/c1-2-5-9-7-4-8-10(9)6-3-1;;/h1-8H;;. The molecule has 2 aliphatic carbocycles. The molecule has 0 radical (unpaired) electrons. The van der Waals surface area contributed by atoms with Crippen molar-refractivity contribution in [3.8, 4) is 11.1 Å². The molecule has 11 heavy (non-hydrogen) atoms. The number of hydrogen-bond acceptors (Lipinski definition) is 0. The summed E-state index contributed by atoms with van der Waals surface area (Å²) in [5.41, 5.74) is 2.62. The zero-order chi connectivity index (χ0) is 6.81. The quantitative estimate of drug-likeness (QED) is 0.507. The van der Waals surface area contributed by atoms with Crippen LogP contribution < -0.4 is 0 Å². The van der Waals surface area contributed by atoms with Crippen molar-refractivity contribution in [3.05, 3.63) is 48.5 Å². The molecule has 0 nitrogen and oxygen atoms in total. The third-order valence-electron chi connectivity index (χ3n) is 1.66. The van der Waals surface area contributed by atoms with E-state index in [0.29, 0.717) is 0 Å². The van der Waals surface area contributed by atoms with Crippen LogP contribution >= 0.6 is 0 Å². The molecule has 0 saturated carbocycles. The normalized spacial score (nSPS) is 9.09. The smallest absolute Gasteiger partial charge is 0.0184 e. The molecule has 1 heteroatoms. The van der Waals surface area contributed by atoms with Crippen LogP contribution in [0.15, 0.2) is 48.5 Å². The largest absolute Gasteiger partial charge is 0.0622 e. The average molecular weight is 152 g/mol. The van der Waals surface area contributed by atoms with Gasteiger partial charge in [-0.2, -0.15) is 0 Å². The zero-order valence-electron chi connectivity index (χ0n) is 5.62. The van der Waals surface area contributed by atoms with E-state index in [2.05, 4.69) is 42.5 Å². The second-order valence-corrected chi connectivity index (χ2v) is 2.35. The average Bonchev–Trinajstić information content (AvgIpc) is 2.28. The summed E-state index contributed by atoms with van der Waals surface area (Å²) < 4.78 is 0. The molecule has 2 rings (SSSR count). The molecule has 0 aromatic carbocycles. The minimum absolute atomic E-state index is 0. The molecule has 0 amide bonds. The fourth-order valence-electron chi connectivity index (χ4n) is 1.13. The summed E-state index contributed by atoms with van der Waals surface area (Å²) in [7, 11) is 0. The van der Waals surface area contributed by atoms with Gasteiger partial charge in [-0.1, -0.05) is 48.5 Å². The molecular formula is C10H9Na. The predicted octanol–water partition coefficient (Wildman–Crippen LogP) is 2.14. The fourth-order valence-corrected chi connectivity index (χ4v) is 1.13. The Kier molecular flexibility index (Phi) is 3.13. The van der Waals surface area contributed by atoms with E-state index in [0.717, 1.165) is 0 Å². The van der Waals surface area contributed by atoms with Crippen molar-refractivity contribution in [2.45, 2.75) is 0 Å². The molecule has 0 aromatic rings. The first-order valence-electron chi connectivity index (χ1n) is 3.40. The first kappa shape index (κ1) is 8.79. The Hall–Kier alpha value is -0.300. The summed E-state index contributed by atoms with van der Waals surface area (Å²) in [6.07, 6.45) is 0. The van der Waals surface area contributed by atoms with Gasteiger partial charge in [-0.25, -0.2) is 0 Å². The molecule has 0 bridgehead atoms. The Bertz CT molecular complexity index is 276. The van der Waals surface area contributed by atoms with Crippen LogP contribution in [0, 0.1) is 0 Å². The van der Waals surface area contributed by atoms with Crippen LogP contribution in [-0.4, -0.2) is 29.6 Å². The molecule has 50 valence electrons. The second-order valence-electron chi connectivity index (χ2n) is 2.35. The number of rotatable bonds is 0. The van der Waals surface area contributed by atoms with E-state index in [4.69, 9.17) is 0 Å². The van der Waals surface area contributed by atoms with Crippen LogP contribution in [0.1, 0.15) is 0 Å². The molecule has 0 atom stereocenters. The molecule has 0 fully saturated rings. The Labute approximate surface area is 88.9 Å². The SMILES string of the molecule is [NaH].c1ccc2cccc-2cc1. The van der Waals surface area contributed by atoms with Gasteiger partial charge in [0.1, 0.15) is 0 Å². The van der Waals surface area contributed by atoms with Gasteiger partial charge in [-0.15, -0.1) is 0 Å². The maximum Gasteiger partial charge on any atom is -0.0184 e. The van der Waals surface area contributed by atoms with Crippen LogP contribution in [0.5, 0.6) is 0 Å². The summed E-state index contributed by atoms with van der Waals surface area (Å²) in [4.78, 5) is 0. The van der Waals surface area contributed by atoms with E-state index in [1.807, 2.05) is 6.07 Å². The Morgan fingerprint density at radius 1 is 0.545 bits per heavy atom. The summed E-state index contributed by atoms with van der Waals surface area (Å²) in [6, 6.07) is 16.7. The molecule has 0 aromatic heterocycles. The summed E-state index contributed by atoms with van der Waals surface area (Å²) in [5, 5.41) is 0. The minimum Gasteiger partial charge on any atom is -0.0622 e. The molecule has 0 unspecified atom stereocenters. The van der Waals surface area contributed by atoms with E-state index in [-0.39, 0.29) is 29.6 Å². The van der Waals surface area contributed by atoms with Gasteiger partial charge in [0.2, 0.25) is 0 Å². The Morgan fingerprint density at radius 2 is 1.00 bits per heavy atom. The van der Waals surface area contributed by atoms with Crippen molar-refractivity contribution < 1.29 is 0 Å². The second kappa shape index (κ2) is 3.91. The zero-order valence-corrected chi connectivity index (χ0v) is 5.62. The van der Waals surface area contributed by atoms with Crippen molar-refractivity contribution in [3.63, 3.8) is 0 Å². The summed E-state index contributed by atoms with van der Waals surface area (Å²) >= 11 is 0. The van der Waals surface area contributed by atoms with Crippen LogP contribution in [0.3, 0.4) is 0 Å². The first-order chi connectivity index (χ1) is 4.97. The molecule has 0 aliphatic heterocycles. The van der Waals surface area contributed by atoms with E-state index in [1.165, 1.54) is 11.1 Å². The summed E-state index contributed by atoms with van der Waals surface area (Å²) in [5.74, 6) is 0. The molecule has 0 heterocycles. The van der Waals surface area contributed by atoms with Crippen molar-refractivity contribution in [2.75, 3.05) is 0 Å². The molecule has 0 saturated heterocycles. The van der Waals surface area contributed by atoms with Gasteiger partial charge in [0.05, 0.1) is 0 Å². The maximum atomic E-state index is 2.12. The van der Waals surface area contributed by atoms with Crippen molar-refractivity contribution in [1.29, 1.82) is 0 Å². The van der Waals surface area contributed by atoms with Gasteiger partial charge >= 0.3 is 29.6 Å². The topological polar surface area (TPSA) is 0 Å². The van der Waals surface area contributed by atoms with E-state index >= 15 is 0 Å². The minimum atomic E-state index is 0. The molecule has 0 spiro atoms. The third kappa shape index (κ3) is 1.84. The van der Waals surface area contributed by atoms with E-state index in [1.54, 1.807) is 0 Å².